The van der Waals surface area contributed by atoms with E-state index in [1.807, 2.05) is 78.9 Å². The van der Waals surface area contributed by atoms with E-state index >= 15 is 0 Å². The lowest BCUT2D eigenvalue weighted by atomic mass is 10.0. The Hall–Kier alpha value is -4.98. The van der Waals surface area contributed by atoms with Crippen LogP contribution in [-0.2, 0) is 6.42 Å². The number of amides is 1. The molecule has 0 fully saturated rings. The van der Waals surface area contributed by atoms with Crippen LogP contribution < -0.4 is 14.8 Å². The first-order chi connectivity index (χ1) is 18.1. The highest BCUT2D eigenvalue weighted by molar-refractivity contribution is 6.01. The Balaban J connectivity index is 1.38. The van der Waals surface area contributed by atoms with E-state index in [9.17, 15) is 4.79 Å². The maximum Gasteiger partial charge on any atom is 0.293 e. The number of anilines is 1. The molecule has 0 saturated heterocycles. The minimum Gasteiger partial charge on any atom is -0.497 e. The summed E-state index contributed by atoms with van der Waals surface area (Å²) in [5, 5.41) is 11.2. The number of hydrogen-bond acceptors (Lipinski definition) is 7. The second-order valence-electron chi connectivity index (χ2n) is 8.14. The first-order valence-electron chi connectivity index (χ1n) is 11.6. The van der Waals surface area contributed by atoms with Gasteiger partial charge in [-0.1, -0.05) is 60.7 Å². The predicted molar refractivity (Wildman–Crippen MR) is 140 cm³/mol. The molecule has 1 amide bonds. The van der Waals surface area contributed by atoms with Crippen molar-refractivity contribution in [1.29, 1.82) is 0 Å². The van der Waals surface area contributed by atoms with Crippen LogP contribution in [0.4, 0.5) is 5.95 Å². The summed E-state index contributed by atoms with van der Waals surface area (Å²) in [6.07, 6.45) is 0.426. The second-order valence-corrected chi connectivity index (χ2v) is 8.14. The SMILES string of the molecule is COc1ccc(OC)c(Cc2ccc(C(=O)Nc3nnc(-c4ccccc4)c(-c4ccccc4)n3)o2)c1. The van der Waals surface area contributed by atoms with Gasteiger partial charge in [0, 0.05) is 23.1 Å². The van der Waals surface area contributed by atoms with Gasteiger partial charge < -0.3 is 13.9 Å². The molecule has 3 aromatic carbocycles. The average Bonchev–Trinajstić information content (AvgIpc) is 3.42. The van der Waals surface area contributed by atoms with Crippen molar-refractivity contribution in [3.63, 3.8) is 0 Å². The van der Waals surface area contributed by atoms with Gasteiger partial charge in [-0.25, -0.2) is 4.98 Å². The number of hydrogen-bond donors (Lipinski definition) is 1. The number of ether oxygens (including phenoxy) is 2. The molecule has 0 spiro atoms. The topological polar surface area (TPSA) is 99.4 Å². The van der Waals surface area contributed by atoms with E-state index in [0.717, 1.165) is 16.7 Å². The number of furan rings is 1. The van der Waals surface area contributed by atoms with Crippen molar-refractivity contribution < 1.29 is 18.7 Å². The standard InChI is InChI=1S/C29H24N4O4/c1-35-22-13-15-24(36-2)21(17-22)18-23-14-16-25(37-23)28(34)31-29-30-26(19-9-5-3-6-10-19)27(32-33-29)20-11-7-4-8-12-20/h3-17H,18H2,1-2H3,(H,30,31,33,34). The van der Waals surface area contributed by atoms with Crippen LogP contribution in [0.3, 0.4) is 0 Å². The van der Waals surface area contributed by atoms with Crippen LogP contribution in [-0.4, -0.2) is 35.3 Å². The molecular formula is C29H24N4O4. The predicted octanol–water partition coefficient (Wildman–Crippen LogP) is 5.66. The molecule has 0 atom stereocenters. The highest BCUT2D eigenvalue weighted by Crippen LogP contribution is 2.29. The molecule has 0 bridgehead atoms. The highest BCUT2D eigenvalue weighted by atomic mass is 16.5. The summed E-state index contributed by atoms with van der Waals surface area (Å²) in [4.78, 5) is 17.6. The Kier molecular flexibility index (Phi) is 6.89. The Labute approximate surface area is 213 Å². The highest BCUT2D eigenvalue weighted by Gasteiger charge is 2.18. The third kappa shape index (κ3) is 5.33. The largest absolute Gasteiger partial charge is 0.497 e. The fourth-order valence-electron chi connectivity index (χ4n) is 3.93. The summed E-state index contributed by atoms with van der Waals surface area (Å²) in [5.41, 5.74) is 3.85. The molecule has 0 saturated carbocycles. The van der Waals surface area contributed by atoms with Crippen molar-refractivity contribution >= 4 is 11.9 Å². The quantitative estimate of drug-likeness (QED) is 0.298. The molecule has 5 aromatic rings. The van der Waals surface area contributed by atoms with Gasteiger partial charge in [-0.05, 0) is 30.3 Å². The van der Waals surface area contributed by atoms with Crippen molar-refractivity contribution in [2.24, 2.45) is 0 Å². The lowest BCUT2D eigenvalue weighted by Gasteiger charge is -2.10. The first-order valence-corrected chi connectivity index (χ1v) is 11.6. The number of benzene rings is 3. The molecule has 8 heteroatoms. The molecule has 8 nitrogen and oxygen atoms in total. The lowest BCUT2D eigenvalue weighted by molar-refractivity contribution is 0.0994. The smallest absolute Gasteiger partial charge is 0.293 e. The number of nitrogens with zero attached hydrogens (tertiary/aromatic N) is 3. The Morgan fingerprint density at radius 1 is 0.811 bits per heavy atom. The fourth-order valence-corrected chi connectivity index (χ4v) is 3.93. The number of methoxy groups -OCH3 is 2. The summed E-state index contributed by atoms with van der Waals surface area (Å²) in [7, 11) is 3.21. The summed E-state index contributed by atoms with van der Waals surface area (Å²) in [6.45, 7) is 0. The van der Waals surface area contributed by atoms with Crippen LogP contribution in [0.15, 0.2) is 95.4 Å². The first kappa shape index (κ1) is 23.7. The molecule has 0 aliphatic heterocycles. The minimum absolute atomic E-state index is 0.0796. The normalized spacial score (nSPS) is 10.6. The molecule has 0 aliphatic carbocycles. The maximum atomic E-state index is 12.9. The monoisotopic (exact) mass is 492 g/mol. The van der Waals surface area contributed by atoms with Gasteiger partial charge in [-0.3, -0.25) is 10.1 Å². The maximum absolute atomic E-state index is 12.9. The summed E-state index contributed by atoms with van der Waals surface area (Å²) in [5.74, 6) is 1.75. The summed E-state index contributed by atoms with van der Waals surface area (Å²) in [6, 6.07) is 28.2. The molecule has 5 rings (SSSR count). The average molecular weight is 493 g/mol. The molecular weight excluding hydrogens is 468 g/mol. The molecule has 2 aromatic heterocycles. The second kappa shape index (κ2) is 10.7. The number of rotatable bonds is 8. The van der Waals surface area contributed by atoms with Crippen molar-refractivity contribution in [1.82, 2.24) is 15.2 Å². The fraction of sp³-hybridized carbons (Fsp3) is 0.103. The van der Waals surface area contributed by atoms with Crippen molar-refractivity contribution in [3.8, 4) is 34.0 Å². The number of carbonyl (C=O) groups excluding carboxylic acids is 1. The van der Waals surface area contributed by atoms with E-state index in [1.54, 1.807) is 26.4 Å². The van der Waals surface area contributed by atoms with Gasteiger partial charge in [0.2, 0.25) is 5.95 Å². The van der Waals surface area contributed by atoms with E-state index in [-0.39, 0.29) is 11.7 Å². The number of carbonyl (C=O) groups is 1. The third-order valence-electron chi connectivity index (χ3n) is 5.74. The van der Waals surface area contributed by atoms with Crippen LogP contribution >= 0.6 is 0 Å². The van der Waals surface area contributed by atoms with Gasteiger partial charge in [-0.15, -0.1) is 10.2 Å². The van der Waals surface area contributed by atoms with Gasteiger partial charge in [0.05, 0.1) is 14.2 Å². The molecule has 0 unspecified atom stereocenters. The zero-order valence-corrected chi connectivity index (χ0v) is 20.3. The molecule has 1 N–H and O–H groups in total. The Morgan fingerprint density at radius 3 is 2.19 bits per heavy atom. The van der Waals surface area contributed by atoms with E-state index in [2.05, 4.69) is 20.5 Å². The van der Waals surface area contributed by atoms with Crippen LogP contribution in [0.5, 0.6) is 11.5 Å². The van der Waals surface area contributed by atoms with Crippen LogP contribution in [0.25, 0.3) is 22.5 Å². The molecule has 2 heterocycles. The Bertz CT molecular complexity index is 1520. The van der Waals surface area contributed by atoms with Gasteiger partial charge >= 0.3 is 0 Å². The van der Waals surface area contributed by atoms with E-state index in [4.69, 9.17) is 13.9 Å². The van der Waals surface area contributed by atoms with Crippen molar-refractivity contribution in [2.75, 3.05) is 19.5 Å². The van der Waals surface area contributed by atoms with E-state index < -0.39 is 5.91 Å². The van der Waals surface area contributed by atoms with Gasteiger partial charge in [0.1, 0.15) is 28.6 Å². The molecule has 0 aliphatic rings. The number of nitrogens with one attached hydrogen (secondary N) is 1. The number of aromatic nitrogens is 3. The Morgan fingerprint density at radius 2 is 1.51 bits per heavy atom. The van der Waals surface area contributed by atoms with Crippen LogP contribution in [0.2, 0.25) is 0 Å². The summed E-state index contributed by atoms with van der Waals surface area (Å²) < 4.78 is 16.6. The van der Waals surface area contributed by atoms with Crippen molar-refractivity contribution in [3.05, 3.63) is 108 Å². The van der Waals surface area contributed by atoms with E-state index in [0.29, 0.717) is 35.1 Å². The van der Waals surface area contributed by atoms with Gasteiger partial charge in [0.15, 0.2) is 5.76 Å². The van der Waals surface area contributed by atoms with E-state index in [1.165, 1.54) is 0 Å². The van der Waals surface area contributed by atoms with Crippen LogP contribution in [0, 0.1) is 0 Å². The molecule has 0 radical (unpaired) electrons. The zero-order chi connectivity index (χ0) is 25.6. The van der Waals surface area contributed by atoms with Gasteiger partial charge in [0.25, 0.3) is 5.91 Å². The van der Waals surface area contributed by atoms with Gasteiger partial charge in [-0.2, -0.15) is 0 Å². The van der Waals surface area contributed by atoms with Crippen LogP contribution in [0.1, 0.15) is 21.9 Å². The summed E-state index contributed by atoms with van der Waals surface area (Å²) >= 11 is 0. The minimum atomic E-state index is -0.475. The zero-order valence-electron chi connectivity index (χ0n) is 20.3. The molecule has 184 valence electrons. The third-order valence-corrected chi connectivity index (χ3v) is 5.74. The lowest BCUT2D eigenvalue weighted by Crippen LogP contribution is -2.15. The van der Waals surface area contributed by atoms with Crippen molar-refractivity contribution in [2.45, 2.75) is 6.42 Å². The molecule has 37 heavy (non-hydrogen) atoms.